The van der Waals surface area contributed by atoms with Crippen LogP contribution in [0.2, 0.25) is 0 Å². The molecule has 2 N–H and O–H groups in total. The molecule has 0 fully saturated rings. The van der Waals surface area contributed by atoms with Crippen molar-refractivity contribution in [3.8, 4) is 17.0 Å². The first-order valence-corrected chi connectivity index (χ1v) is 6.93. The molecule has 0 aliphatic carbocycles. The molecule has 2 heterocycles. The average Bonchev–Trinajstić information content (AvgIpc) is 2.80. The van der Waals surface area contributed by atoms with Gasteiger partial charge < -0.3 is 10.1 Å². The summed E-state index contributed by atoms with van der Waals surface area (Å²) in [4.78, 5) is 15.6. The third kappa shape index (κ3) is 1.93. The smallest absolute Gasteiger partial charge is 0.235 e. The van der Waals surface area contributed by atoms with Crippen LogP contribution in [-0.2, 0) is 6.54 Å². The van der Waals surface area contributed by atoms with Crippen molar-refractivity contribution < 1.29 is 5.11 Å². The maximum Gasteiger partial charge on any atom is 0.235 e. The standard InChI is InChI=1S/C16H17N3O2/c1-4-19-16-12(10(3)18-19)14(20)15(21)13(17-16)11-8-6-5-7-9(11)2/h5-8,21H,4H2,1-3H3,(H,17,20). The average molecular weight is 283 g/mol. The van der Waals surface area contributed by atoms with Crippen LogP contribution < -0.4 is 5.43 Å². The van der Waals surface area contributed by atoms with Crippen LogP contribution in [0.15, 0.2) is 29.1 Å². The summed E-state index contributed by atoms with van der Waals surface area (Å²) in [7, 11) is 0. The second kappa shape index (κ2) is 4.77. The number of hydrogen-bond donors (Lipinski definition) is 2. The number of fused-ring (bicyclic) bond motifs is 1. The molecule has 108 valence electrons. The molecule has 0 saturated carbocycles. The Balaban J connectivity index is 2.43. The number of H-pyrrole nitrogens is 1. The number of aryl methyl sites for hydroxylation is 3. The minimum atomic E-state index is -0.376. The van der Waals surface area contributed by atoms with Crippen LogP contribution in [0.1, 0.15) is 18.2 Å². The molecule has 0 amide bonds. The third-order valence-corrected chi connectivity index (χ3v) is 3.76. The molecule has 21 heavy (non-hydrogen) atoms. The first-order valence-electron chi connectivity index (χ1n) is 6.93. The molecule has 0 saturated heterocycles. The Kier molecular flexibility index (Phi) is 3.05. The number of aromatic nitrogens is 3. The molecular formula is C16H17N3O2. The number of aromatic amines is 1. The van der Waals surface area contributed by atoms with Gasteiger partial charge in [0, 0.05) is 12.1 Å². The van der Waals surface area contributed by atoms with Crippen molar-refractivity contribution in [2.45, 2.75) is 27.3 Å². The van der Waals surface area contributed by atoms with Crippen molar-refractivity contribution >= 4 is 11.0 Å². The number of nitrogens with one attached hydrogen (secondary N) is 1. The number of pyridine rings is 1. The molecule has 0 aliphatic heterocycles. The molecule has 5 nitrogen and oxygen atoms in total. The summed E-state index contributed by atoms with van der Waals surface area (Å²) in [5.74, 6) is -0.254. The van der Waals surface area contributed by atoms with Crippen LogP contribution >= 0.6 is 0 Å². The van der Waals surface area contributed by atoms with Gasteiger partial charge in [-0.05, 0) is 26.3 Å². The SMILES string of the molecule is CCn1nc(C)c2c(=O)c(O)c(-c3ccccc3C)[nH]c21. The predicted molar refractivity (Wildman–Crippen MR) is 82.6 cm³/mol. The third-order valence-electron chi connectivity index (χ3n) is 3.76. The van der Waals surface area contributed by atoms with E-state index in [1.165, 1.54) is 0 Å². The minimum Gasteiger partial charge on any atom is -0.503 e. The van der Waals surface area contributed by atoms with Crippen molar-refractivity contribution in [2.75, 3.05) is 0 Å². The van der Waals surface area contributed by atoms with E-state index in [1.54, 1.807) is 11.6 Å². The molecule has 0 unspecified atom stereocenters. The highest BCUT2D eigenvalue weighted by molar-refractivity contribution is 5.84. The Bertz CT molecular complexity index is 890. The highest BCUT2D eigenvalue weighted by Crippen LogP contribution is 2.29. The predicted octanol–water partition coefficient (Wildman–Crippen LogP) is 2.73. The molecule has 3 rings (SSSR count). The Morgan fingerprint density at radius 3 is 2.67 bits per heavy atom. The molecule has 0 radical (unpaired) electrons. The number of benzene rings is 1. The summed E-state index contributed by atoms with van der Waals surface area (Å²) in [5.41, 5.74) is 3.15. The Hall–Kier alpha value is -2.56. The quantitative estimate of drug-likeness (QED) is 0.759. The van der Waals surface area contributed by atoms with E-state index < -0.39 is 0 Å². The molecule has 0 atom stereocenters. The monoisotopic (exact) mass is 283 g/mol. The maximum atomic E-state index is 12.5. The van der Waals surface area contributed by atoms with E-state index in [2.05, 4.69) is 10.1 Å². The fourth-order valence-corrected chi connectivity index (χ4v) is 2.67. The highest BCUT2D eigenvalue weighted by atomic mass is 16.3. The lowest BCUT2D eigenvalue weighted by Gasteiger charge is -2.09. The number of aromatic hydroxyl groups is 1. The molecule has 3 aromatic rings. The van der Waals surface area contributed by atoms with Crippen LogP contribution in [0.4, 0.5) is 0 Å². The van der Waals surface area contributed by atoms with Gasteiger partial charge in [-0.25, -0.2) is 4.68 Å². The van der Waals surface area contributed by atoms with Crippen LogP contribution in [-0.4, -0.2) is 19.9 Å². The van der Waals surface area contributed by atoms with Crippen molar-refractivity contribution in [1.82, 2.24) is 14.8 Å². The molecule has 0 aliphatic rings. The number of rotatable bonds is 2. The Morgan fingerprint density at radius 1 is 1.29 bits per heavy atom. The Morgan fingerprint density at radius 2 is 2.00 bits per heavy atom. The van der Waals surface area contributed by atoms with Crippen LogP contribution in [0.25, 0.3) is 22.3 Å². The molecule has 0 spiro atoms. The first-order chi connectivity index (χ1) is 10.0. The van der Waals surface area contributed by atoms with E-state index >= 15 is 0 Å². The zero-order chi connectivity index (χ0) is 15.1. The van der Waals surface area contributed by atoms with Gasteiger partial charge in [0.2, 0.25) is 5.43 Å². The highest BCUT2D eigenvalue weighted by Gasteiger charge is 2.18. The van der Waals surface area contributed by atoms with Crippen molar-refractivity contribution in [3.63, 3.8) is 0 Å². The molecule has 5 heteroatoms. The summed E-state index contributed by atoms with van der Waals surface area (Å²) < 4.78 is 1.74. The van der Waals surface area contributed by atoms with Crippen molar-refractivity contribution in [3.05, 3.63) is 45.7 Å². The lowest BCUT2D eigenvalue weighted by atomic mass is 10.0. The van der Waals surface area contributed by atoms with Crippen molar-refractivity contribution in [1.29, 1.82) is 0 Å². The molecule has 0 bridgehead atoms. The second-order valence-corrected chi connectivity index (χ2v) is 5.12. The van der Waals surface area contributed by atoms with E-state index in [1.807, 2.05) is 38.1 Å². The summed E-state index contributed by atoms with van der Waals surface area (Å²) in [6, 6.07) is 7.63. The lowest BCUT2D eigenvalue weighted by molar-refractivity contribution is 0.471. The van der Waals surface area contributed by atoms with Gasteiger partial charge in [-0.2, -0.15) is 5.10 Å². The largest absolute Gasteiger partial charge is 0.503 e. The van der Waals surface area contributed by atoms with Gasteiger partial charge in [-0.1, -0.05) is 24.3 Å². The van der Waals surface area contributed by atoms with Gasteiger partial charge >= 0.3 is 0 Å². The molecule has 2 aromatic heterocycles. The maximum absolute atomic E-state index is 12.5. The topological polar surface area (TPSA) is 70.9 Å². The Labute approximate surface area is 121 Å². The number of hydrogen-bond acceptors (Lipinski definition) is 3. The van der Waals surface area contributed by atoms with Gasteiger partial charge in [0.1, 0.15) is 5.65 Å². The van der Waals surface area contributed by atoms with Gasteiger partial charge in [0.05, 0.1) is 16.8 Å². The second-order valence-electron chi connectivity index (χ2n) is 5.12. The van der Waals surface area contributed by atoms with Gasteiger partial charge in [-0.3, -0.25) is 4.79 Å². The van der Waals surface area contributed by atoms with E-state index in [0.717, 1.165) is 11.1 Å². The van der Waals surface area contributed by atoms with Crippen molar-refractivity contribution in [2.24, 2.45) is 0 Å². The van der Waals surface area contributed by atoms with E-state index in [-0.39, 0.29) is 11.2 Å². The zero-order valence-corrected chi connectivity index (χ0v) is 12.3. The first kappa shape index (κ1) is 13.4. The van der Waals surface area contributed by atoms with Crippen LogP contribution in [0.3, 0.4) is 0 Å². The fraction of sp³-hybridized carbons (Fsp3) is 0.250. The van der Waals surface area contributed by atoms with E-state index in [0.29, 0.717) is 29.0 Å². The van der Waals surface area contributed by atoms with Crippen LogP contribution in [0, 0.1) is 13.8 Å². The summed E-state index contributed by atoms with van der Waals surface area (Å²) in [5, 5.41) is 15.1. The van der Waals surface area contributed by atoms with Gasteiger partial charge in [0.15, 0.2) is 5.75 Å². The molecule has 1 aromatic carbocycles. The minimum absolute atomic E-state index is 0.254. The zero-order valence-electron chi connectivity index (χ0n) is 12.3. The van der Waals surface area contributed by atoms with Gasteiger partial charge in [0.25, 0.3) is 0 Å². The lowest BCUT2D eigenvalue weighted by Crippen LogP contribution is -2.07. The van der Waals surface area contributed by atoms with E-state index in [4.69, 9.17) is 0 Å². The van der Waals surface area contributed by atoms with E-state index in [9.17, 15) is 9.90 Å². The summed E-state index contributed by atoms with van der Waals surface area (Å²) in [6.07, 6.45) is 0. The number of nitrogens with zero attached hydrogens (tertiary/aromatic N) is 2. The van der Waals surface area contributed by atoms with Gasteiger partial charge in [-0.15, -0.1) is 0 Å². The summed E-state index contributed by atoms with van der Waals surface area (Å²) >= 11 is 0. The molecular weight excluding hydrogens is 266 g/mol. The fourth-order valence-electron chi connectivity index (χ4n) is 2.67. The normalized spacial score (nSPS) is 11.2. The summed E-state index contributed by atoms with van der Waals surface area (Å²) in [6.45, 7) is 6.33. The van der Waals surface area contributed by atoms with Crippen LogP contribution in [0.5, 0.6) is 5.75 Å².